The van der Waals surface area contributed by atoms with E-state index >= 15 is 0 Å². The van der Waals surface area contributed by atoms with Crippen LogP contribution in [0.1, 0.15) is 31.1 Å². The van der Waals surface area contributed by atoms with E-state index in [0.717, 1.165) is 44.0 Å². The molecule has 98 valence electrons. The number of nitrogens with one attached hydrogen (secondary N) is 1. The molecule has 0 saturated carbocycles. The predicted molar refractivity (Wildman–Crippen MR) is 73.5 cm³/mol. The van der Waals surface area contributed by atoms with Gasteiger partial charge in [0.25, 0.3) is 0 Å². The number of hydrogen-bond donors (Lipinski definition) is 2. The van der Waals surface area contributed by atoms with Crippen molar-refractivity contribution in [3.8, 4) is 0 Å². The zero-order chi connectivity index (χ0) is 12.5. The summed E-state index contributed by atoms with van der Waals surface area (Å²) in [5, 5.41) is 12.9. The van der Waals surface area contributed by atoms with Crippen LogP contribution in [0.3, 0.4) is 0 Å². The van der Waals surface area contributed by atoms with Crippen molar-refractivity contribution < 1.29 is 5.11 Å². The van der Waals surface area contributed by atoms with E-state index in [0.29, 0.717) is 6.61 Å². The summed E-state index contributed by atoms with van der Waals surface area (Å²) in [7, 11) is 2.13. The Hall–Kier alpha value is -0.650. The van der Waals surface area contributed by atoms with Crippen LogP contribution in [0.15, 0.2) is 6.20 Å². The highest BCUT2D eigenvalue weighted by atomic mass is 32.1. The summed E-state index contributed by atoms with van der Waals surface area (Å²) in [5.74, 6) is 0. The van der Waals surface area contributed by atoms with Crippen LogP contribution >= 0.6 is 11.3 Å². The van der Waals surface area contributed by atoms with E-state index in [-0.39, 0.29) is 0 Å². The summed E-state index contributed by atoms with van der Waals surface area (Å²) >= 11 is 1.73. The Balaban J connectivity index is 2.22. The monoisotopic (exact) mass is 257 g/mol. The van der Waals surface area contributed by atoms with Crippen LogP contribution in [0.2, 0.25) is 0 Å². The van der Waals surface area contributed by atoms with E-state index < -0.39 is 0 Å². The lowest BCUT2D eigenvalue weighted by atomic mass is 10.2. The Morgan fingerprint density at radius 1 is 1.41 bits per heavy atom. The van der Waals surface area contributed by atoms with Crippen LogP contribution in [0.4, 0.5) is 5.13 Å². The molecule has 0 aliphatic rings. The van der Waals surface area contributed by atoms with Gasteiger partial charge in [-0.15, -0.1) is 11.3 Å². The first kappa shape index (κ1) is 14.4. The molecule has 0 aromatic carbocycles. The van der Waals surface area contributed by atoms with Gasteiger partial charge < -0.3 is 15.3 Å². The first-order valence-electron chi connectivity index (χ1n) is 6.24. The zero-order valence-electron chi connectivity index (χ0n) is 10.8. The molecular weight excluding hydrogens is 234 g/mol. The highest BCUT2D eigenvalue weighted by Gasteiger charge is 2.04. The summed E-state index contributed by atoms with van der Waals surface area (Å²) in [6.45, 7) is 5.35. The van der Waals surface area contributed by atoms with E-state index in [1.807, 2.05) is 6.20 Å². The van der Waals surface area contributed by atoms with Crippen LogP contribution in [0.25, 0.3) is 0 Å². The minimum absolute atomic E-state index is 0.310. The average molecular weight is 257 g/mol. The molecule has 5 heteroatoms. The number of anilines is 1. The second kappa shape index (κ2) is 8.44. The maximum atomic E-state index is 8.69. The van der Waals surface area contributed by atoms with E-state index in [9.17, 15) is 0 Å². The molecule has 1 aromatic rings. The fourth-order valence-corrected chi connectivity index (χ4v) is 2.59. The van der Waals surface area contributed by atoms with Crippen LogP contribution in [-0.2, 0) is 6.54 Å². The van der Waals surface area contributed by atoms with Gasteiger partial charge in [-0.3, -0.25) is 0 Å². The lowest BCUT2D eigenvalue weighted by molar-refractivity contribution is 0.271. The van der Waals surface area contributed by atoms with Gasteiger partial charge in [-0.25, -0.2) is 4.98 Å². The maximum absolute atomic E-state index is 8.69. The standard InChI is InChI=1S/C12H23N3OS/c1-3-13-12-14-9-11(17-12)10-15(2)7-5-4-6-8-16/h9,16H,3-8,10H2,1-2H3,(H,13,14). The number of unbranched alkanes of at least 4 members (excludes halogenated alkanes) is 2. The molecule has 17 heavy (non-hydrogen) atoms. The number of aliphatic hydroxyl groups is 1. The SMILES string of the molecule is CCNc1ncc(CN(C)CCCCCO)s1. The van der Waals surface area contributed by atoms with Gasteiger partial charge in [0.1, 0.15) is 0 Å². The van der Waals surface area contributed by atoms with Crippen LogP contribution < -0.4 is 5.32 Å². The summed E-state index contributed by atoms with van der Waals surface area (Å²) < 4.78 is 0. The minimum atomic E-state index is 0.310. The molecule has 1 rings (SSSR count). The van der Waals surface area contributed by atoms with E-state index in [4.69, 9.17) is 5.11 Å². The highest BCUT2D eigenvalue weighted by molar-refractivity contribution is 7.15. The van der Waals surface area contributed by atoms with Gasteiger partial charge in [0.2, 0.25) is 0 Å². The number of thiazole rings is 1. The predicted octanol–water partition coefficient (Wildman–Crippen LogP) is 2.17. The molecular formula is C12H23N3OS. The second-order valence-electron chi connectivity index (χ2n) is 4.18. The average Bonchev–Trinajstić information content (AvgIpc) is 2.73. The molecule has 0 aliphatic heterocycles. The molecule has 0 atom stereocenters. The van der Waals surface area contributed by atoms with Crippen molar-refractivity contribution in [2.24, 2.45) is 0 Å². The summed E-state index contributed by atoms with van der Waals surface area (Å²) in [6.07, 6.45) is 5.12. The van der Waals surface area contributed by atoms with E-state index in [2.05, 4.69) is 29.2 Å². The summed E-state index contributed by atoms with van der Waals surface area (Å²) in [4.78, 5) is 7.92. The van der Waals surface area contributed by atoms with Crippen molar-refractivity contribution in [1.29, 1.82) is 0 Å². The molecule has 0 fully saturated rings. The highest BCUT2D eigenvalue weighted by Crippen LogP contribution is 2.19. The van der Waals surface area contributed by atoms with Crippen LogP contribution in [-0.4, -0.2) is 41.7 Å². The third-order valence-corrected chi connectivity index (χ3v) is 3.45. The van der Waals surface area contributed by atoms with Crippen molar-refractivity contribution >= 4 is 16.5 Å². The third-order valence-electron chi connectivity index (χ3n) is 2.51. The molecule has 0 unspecified atom stereocenters. The lowest BCUT2D eigenvalue weighted by Crippen LogP contribution is -2.18. The summed E-state index contributed by atoms with van der Waals surface area (Å²) in [6, 6.07) is 0. The number of nitrogens with zero attached hydrogens (tertiary/aromatic N) is 2. The number of aliphatic hydroxyl groups excluding tert-OH is 1. The molecule has 1 aromatic heterocycles. The molecule has 0 radical (unpaired) electrons. The molecule has 0 saturated heterocycles. The lowest BCUT2D eigenvalue weighted by Gasteiger charge is -2.14. The molecule has 0 spiro atoms. The topological polar surface area (TPSA) is 48.4 Å². The fourth-order valence-electron chi connectivity index (χ4n) is 1.63. The number of rotatable bonds is 9. The first-order chi connectivity index (χ1) is 8.26. The number of hydrogen-bond acceptors (Lipinski definition) is 5. The molecule has 2 N–H and O–H groups in total. The molecule has 1 heterocycles. The number of aromatic nitrogens is 1. The molecule has 0 bridgehead atoms. The molecule has 0 amide bonds. The Kier molecular flexibility index (Phi) is 7.16. The smallest absolute Gasteiger partial charge is 0.182 e. The summed E-state index contributed by atoms with van der Waals surface area (Å²) in [5.41, 5.74) is 0. The largest absolute Gasteiger partial charge is 0.396 e. The van der Waals surface area contributed by atoms with Gasteiger partial charge in [0, 0.05) is 30.8 Å². The third kappa shape index (κ3) is 6.00. The van der Waals surface area contributed by atoms with Gasteiger partial charge in [0.05, 0.1) is 0 Å². The van der Waals surface area contributed by atoms with Crippen LogP contribution in [0, 0.1) is 0 Å². The Labute approximate surface area is 108 Å². The van der Waals surface area contributed by atoms with Crippen molar-refractivity contribution in [3.05, 3.63) is 11.1 Å². The maximum Gasteiger partial charge on any atom is 0.182 e. The normalized spacial score (nSPS) is 11.1. The van der Waals surface area contributed by atoms with Gasteiger partial charge in [-0.1, -0.05) is 0 Å². The molecule has 0 aliphatic carbocycles. The van der Waals surface area contributed by atoms with E-state index in [1.54, 1.807) is 11.3 Å². The van der Waals surface area contributed by atoms with Gasteiger partial charge in [-0.05, 0) is 39.8 Å². The minimum Gasteiger partial charge on any atom is -0.396 e. The van der Waals surface area contributed by atoms with Gasteiger partial charge in [0.15, 0.2) is 5.13 Å². The van der Waals surface area contributed by atoms with E-state index in [1.165, 1.54) is 4.88 Å². The van der Waals surface area contributed by atoms with Crippen molar-refractivity contribution in [2.45, 2.75) is 32.7 Å². The first-order valence-corrected chi connectivity index (χ1v) is 7.06. The van der Waals surface area contributed by atoms with Crippen molar-refractivity contribution in [3.63, 3.8) is 0 Å². The van der Waals surface area contributed by atoms with Gasteiger partial charge >= 0.3 is 0 Å². The Bertz CT molecular complexity index is 304. The second-order valence-corrected chi connectivity index (χ2v) is 5.30. The Morgan fingerprint density at radius 3 is 2.94 bits per heavy atom. The zero-order valence-corrected chi connectivity index (χ0v) is 11.6. The van der Waals surface area contributed by atoms with Crippen LogP contribution in [0.5, 0.6) is 0 Å². The van der Waals surface area contributed by atoms with Crippen molar-refractivity contribution in [1.82, 2.24) is 9.88 Å². The fraction of sp³-hybridized carbons (Fsp3) is 0.750. The quantitative estimate of drug-likeness (QED) is 0.666. The Morgan fingerprint density at radius 2 is 2.24 bits per heavy atom. The molecule has 4 nitrogen and oxygen atoms in total. The van der Waals surface area contributed by atoms with Gasteiger partial charge in [-0.2, -0.15) is 0 Å². The van der Waals surface area contributed by atoms with Crippen molar-refractivity contribution in [2.75, 3.05) is 32.1 Å².